The van der Waals surface area contributed by atoms with E-state index in [-0.39, 0.29) is 0 Å². The Balaban J connectivity index is 1.83. The summed E-state index contributed by atoms with van der Waals surface area (Å²) in [4.78, 5) is 4.49. The Bertz CT molecular complexity index is 910. The summed E-state index contributed by atoms with van der Waals surface area (Å²) in [5.41, 5.74) is 3.35. The molecule has 0 saturated heterocycles. The minimum absolute atomic E-state index is 0.570. The Morgan fingerprint density at radius 3 is 2.67 bits per heavy atom. The third kappa shape index (κ3) is 2.22. The molecule has 0 spiro atoms. The highest BCUT2D eigenvalue weighted by atomic mass is 35.5. The lowest BCUT2D eigenvalue weighted by molar-refractivity contribution is 0.582. The lowest BCUT2D eigenvalue weighted by atomic mass is 10.1. The third-order valence-corrected chi connectivity index (χ3v) is 3.50. The maximum Gasteiger partial charge on any atom is 0.227 e. The number of fused-ring (bicyclic) bond motifs is 1. The molecule has 2 aromatic heterocycles. The highest BCUT2D eigenvalue weighted by molar-refractivity contribution is 6.31. The smallest absolute Gasteiger partial charge is 0.227 e. The van der Waals surface area contributed by atoms with Crippen molar-refractivity contribution in [2.75, 3.05) is 0 Å². The van der Waals surface area contributed by atoms with E-state index in [1.807, 2.05) is 42.5 Å². The zero-order valence-electron chi connectivity index (χ0n) is 10.9. The summed E-state index contributed by atoms with van der Waals surface area (Å²) in [6, 6.07) is 17.1. The van der Waals surface area contributed by atoms with Crippen LogP contribution in [0.4, 0.5) is 0 Å². The fourth-order valence-corrected chi connectivity index (χ4v) is 2.43. The molecular formula is C17H10ClNO2. The summed E-state index contributed by atoms with van der Waals surface area (Å²) in [7, 11) is 0. The van der Waals surface area contributed by atoms with Gasteiger partial charge in [0.15, 0.2) is 5.58 Å². The number of nitrogens with zero attached hydrogens (tertiary/aromatic N) is 1. The first-order valence-corrected chi connectivity index (χ1v) is 6.88. The van der Waals surface area contributed by atoms with Crippen molar-refractivity contribution < 1.29 is 8.83 Å². The van der Waals surface area contributed by atoms with Crippen molar-refractivity contribution in [2.45, 2.75) is 0 Å². The van der Waals surface area contributed by atoms with Crippen molar-refractivity contribution in [1.29, 1.82) is 0 Å². The van der Waals surface area contributed by atoms with E-state index in [1.165, 1.54) is 0 Å². The number of halogens is 1. The van der Waals surface area contributed by atoms with E-state index in [9.17, 15) is 0 Å². The highest BCUT2D eigenvalue weighted by Crippen LogP contribution is 2.29. The van der Waals surface area contributed by atoms with E-state index in [0.29, 0.717) is 16.5 Å². The molecule has 4 heteroatoms. The van der Waals surface area contributed by atoms with Gasteiger partial charge in [-0.3, -0.25) is 0 Å². The number of hydrogen-bond donors (Lipinski definition) is 0. The van der Waals surface area contributed by atoms with Gasteiger partial charge in [-0.2, -0.15) is 0 Å². The Morgan fingerprint density at radius 2 is 1.81 bits per heavy atom. The molecule has 2 heterocycles. The van der Waals surface area contributed by atoms with Crippen molar-refractivity contribution in [3.8, 4) is 22.8 Å². The molecule has 4 rings (SSSR count). The second-order valence-electron chi connectivity index (χ2n) is 4.69. The van der Waals surface area contributed by atoms with Crippen molar-refractivity contribution in [3.05, 3.63) is 65.9 Å². The van der Waals surface area contributed by atoms with E-state index in [4.69, 9.17) is 20.4 Å². The van der Waals surface area contributed by atoms with Crippen LogP contribution in [0.1, 0.15) is 0 Å². The van der Waals surface area contributed by atoms with Gasteiger partial charge >= 0.3 is 0 Å². The van der Waals surface area contributed by atoms with Crippen LogP contribution in [-0.4, -0.2) is 4.98 Å². The van der Waals surface area contributed by atoms with Crippen molar-refractivity contribution in [3.63, 3.8) is 0 Å². The quantitative estimate of drug-likeness (QED) is 0.496. The van der Waals surface area contributed by atoms with Gasteiger partial charge in [-0.15, -0.1) is 0 Å². The lowest BCUT2D eigenvalue weighted by Gasteiger charge is -1.99. The molecule has 4 aromatic rings. The summed E-state index contributed by atoms with van der Waals surface area (Å²) in [5.74, 6) is 1.39. The topological polar surface area (TPSA) is 39.2 Å². The molecule has 0 fully saturated rings. The molecule has 0 saturated carbocycles. The molecule has 2 aromatic carbocycles. The fraction of sp³-hybridized carbons (Fsp3) is 0. The van der Waals surface area contributed by atoms with Crippen LogP contribution in [0.5, 0.6) is 0 Å². The van der Waals surface area contributed by atoms with E-state index in [1.54, 1.807) is 18.4 Å². The molecule has 0 aliphatic rings. The summed E-state index contributed by atoms with van der Waals surface area (Å²) < 4.78 is 11.2. The normalized spacial score (nSPS) is 11.1. The second kappa shape index (κ2) is 4.79. The zero-order valence-corrected chi connectivity index (χ0v) is 11.7. The van der Waals surface area contributed by atoms with E-state index < -0.39 is 0 Å². The summed E-state index contributed by atoms with van der Waals surface area (Å²) in [6.07, 6.45) is 1.66. The van der Waals surface area contributed by atoms with E-state index >= 15 is 0 Å². The molecule has 0 atom stereocenters. The number of furan rings is 1. The monoisotopic (exact) mass is 295 g/mol. The molecule has 0 amide bonds. The Morgan fingerprint density at radius 1 is 0.905 bits per heavy atom. The molecule has 3 nitrogen and oxygen atoms in total. The second-order valence-corrected chi connectivity index (χ2v) is 5.13. The minimum atomic E-state index is 0.570. The Labute approximate surface area is 125 Å². The molecule has 102 valence electrons. The van der Waals surface area contributed by atoms with Crippen LogP contribution in [0.15, 0.2) is 69.7 Å². The van der Waals surface area contributed by atoms with Gasteiger partial charge in [-0.05, 0) is 36.4 Å². The predicted octanol–water partition coefficient (Wildman–Crippen LogP) is 5.41. The number of aromatic nitrogens is 1. The average Bonchev–Trinajstić information content (AvgIpc) is 3.16. The summed E-state index contributed by atoms with van der Waals surface area (Å²) >= 11 is 5.97. The molecule has 0 unspecified atom stereocenters. The largest absolute Gasteiger partial charge is 0.464 e. The van der Waals surface area contributed by atoms with Gasteiger partial charge in [0.2, 0.25) is 5.89 Å². The molecule has 21 heavy (non-hydrogen) atoms. The first kappa shape index (κ1) is 12.2. The summed E-state index contributed by atoms with van der Waals surface area (Å²) in [5, 5.41) is 0.634. The van der Waals surface area contributed by atoms with Gasteiger partial charge in [0.1, 0.15) is 11.3 Å². The van der Waals surface area contributed by atoms with Crippen LogP contribution < -0.4 is 0 Å². The highest BCUT2D eigenvalue weighted by Gasteiger charge is 2.10. The van der Waals surface area contributed by atoms with Crippen molar-refractivity contribution >= 4 is 22.7 Å². The van der Waals surface area contributed by atoms with Gasteiger partial charge in [-0.1, -0.05) is 23.7 Å². The van der Waals surface area contributed by atoms with Gasteiger partial charge in [0.25, 0.3) is 0 Å². The Hall–Kier alpha value is -2.52. The molecular weight excluding hydrogens is 286 g/mol. The average molecular weight is 296 g/mol. The molecule has 0 bridgehead atoms. The van der Waals surface area contributed by atoms with Crippen molar-refractivity contribution in [2.24, 2.45) is 0 Å². The third-order valence-electron chi connectivity index (χ3n) is 3.27. The fourth-order valence-electron chi connectivity index (χ4n) is 2.27. The number of oxazole rings is 1. The number of benzene rings is 2. The maximum absolute atomic E-state index is 5.97. The van der Waals surface area contributed by atoms with Crippen LogP contribution in [0.3, 0.4) is 0 Å². The number of hydrogen-bond acceptors (Lipinski definition) is 3. The molecule has 0 aliphatic heterocycles. The number of rotatable bonds is 2. The van der Waals surface area contributed by atoms with Crippen LogP contribution in [0.2, 0.25) is 5.02 Å². The van der Waals surface area contributed by atoms with Gasteiger partial charge in [0, 0.05) is 22.2 Å². The van der Waals surface area contributed by atoms with Gasteiger partial charge in [-0.25, -0.2) is 4.98 Å². The van der Waals surface area contributed by atoms with Gasteiger partial charge < -0.3 is 8.83 Å². The first-order valence-electron chi connectivity index (χ1n) is 6.50. The van der Waals surface area contributed by atoms with Crippen LogP contribution in [0, 0.1) is 0 Å². The first-order chi connectivity index (χ1) is 10.3. The maximum atomic E-state index is 5.97. The summed E-state index contributed by atoms with van der Waals surface area (Å²) in [6.45, 7) is 0. The Kier molecular flexibility index (Phi) is 2.79. The van der Waals surface area contributed by atoms with Gasteiger partial charge in [0.05, 0.1) is 6.26 Å². The van der Waals surface area contributed by atoms with E-state index in [0.717, 1.165) is 22.4 Å². The predicted molar refractivity (Wildman–Crippen MR) is 82.2 cm³/mol. The van der Waals surface area contributed by atoms with Crippen LogP contribution in [0.25, 0.3) is 33.9 Å². The van der Waals surface area contributed by atoms with Crippen molar-refractivity contribution in [1.82, 2.24) is 4.98 Å². The van der Waals surface area contributed by atoms with E-state index in [2.05, 4.69) is 4.98 Å². The molecule has 0 N–H and O–H groups in total. The van der Waals surface area contributed by atoms with Crippen LogP contribution in [-0.2, 0) is 0 Å². The zero-order chi connectivity index (χ0) is 14.2. The standard InChI is InChI=1S/C17H10ClNO2/c18-13-6-7-14-16(10-13)21-17(19-14)12-4-1-3-11(9-12)15-5-2-8-20-15/h1-10H. The SMILES string of the molecule is Clc1ccc2nc(-c3cccc(-c4ccco4)c3)oc2c1. The molecule has 0 radical (unpaired) electrons. The van der Waals surface area contributed by atoms with Crippen LogP contribution >= 0.6 is 11.6 Å². The minimum Gasteiger partial charge on any atom is -0.464 e. The lowest BCUT2D eigenvalue weighted by Crippen LogP contribution is -1.79. The molecule has 0 aliphatic carbocycles.